The van der Waals surface area contributed by atoms with E-state index < -0.39 is 47.5 Å². The Morgan fingerprint density at radius 3 is 1.47 bits per heavy atom. The molecule has 0 saturated heterocycles. The highest BCUT2D eigenvalue weighted by molar-refractivity contribution is 7.92. The fourth-order valence-corrected chi connectivity index (χ4v) is 12.2. The number of nitrogens with two attached hydrogens (primary N) is 1. The molecule has 3 unspecified atom stereocenters. The normalized spacial score (nSPS) is 13.1. The molecule has 11 rings (SSSR count). The van der Waals surface area contributed by atoms with Crippen LogP contribution in [0.2, 0.25) is 0 Å². The number of carbonyl (C=O) groups excluding carboxylic acids is 2. The number of hydrogen-bond acceptors (Lipinski definition) is 19. The molecule has 0 radical (unpaired) electrons. The van der Waals surface area contributed by atoms with Crippen LogP contribution in [0.25, 0.3) is 90.0 Å². The van der Waals surface area contributed by atoms with Gasteiger partial charge in [-0.2, -0.15) is 0 Å². The molecule has 5 aromatic carbocycles. The third-order valence-electron chi connectivity index (χ3n) is 15.3. The van der Waals surface area contributed by atoms with Gasteiger partial charge in [0.2, 0.25) is 0 Å². The zero-order valence-corrected chi connectivity index (χ0v) is 58.4. The van der Waals surface area contributed by atoms with E-state index in [-0.39, 0.29) is 45.4 Å². The number of nitrogens with zero attached hydrogens (tertiary/aromatic N) is 7. The van der Waals surface area contributed by atoms with Gasteiger partial charge in [-0.1, -0.05) is 113 Å². The first-order valence-corrected chi connectivity index (χ1v) is 34.7. The number of H-pyrrole nitrogens is 2. The Bertz CT molecular complexity index is 4870. The number of nitrogens with one attached hydrogen (secondary N) is 3. The third-order valence-corrected chi connectivity index (χ3v) is 19.9. The molecule has 25 heteroatoms. The van der Waals surface area contributed by atoms with Gasteiger partial charge in [0.15, 0.2) is 47.7 Å². The number of esters is 1. The van der Waals surface area contributed by atoms with Crippen LogP contribution < -0.4 is 11.1 Å². The smallest absolute Gasteiger partial charge is 0.408 e. The molecule has 0 fully saturated rings. The SMILES string of the molecule is CC(CC(=O)OC(C)(C)C)c1cccc(/C(Cl)=N/O)c1.CC(N)c1cccc(-c2cc(-c3c[nH]c4ncc(-c5ccc(S(=O)(=O)C(C)C)cc5)nc34)on2)c1.CC(NC(=O)OC(C)(C)C)c1cccc(-c2cc(-c3c[nH]c4ncc(-c5ccc(S(=O)(=O)C(C)C)cc5)nc34)on2)c1. The lowest BCUT2D eigenvalue weighted by Crippen LogP contribution is -2.34. The monoisotopic (exact) mass is 1370 g/mol. The number of fused-ring (bicyclic) bond motifs is 2. The summed E-state index contributed by atoms with van der Waals surface area (Å²) < 4.78 is 71.9. The first kappa shape index (κ1) is 71.4. The lowest BCUT2D eigenvalue weighted by Gasteiger charge is -2.22. The standard InChI is InChI=1S/C31H33N5O5S.C26H25N5O3S.C15H20ClNO3/c1-18(2)42(38,39)23-12-10-20(11-13-23)26-17-33-29-28(35-26)24(16-32-29)27-15-25(36-41-27)22-9-7-8-21(14-22)19(3)34-30(37)40-31(4,5)6;1-15(2)35(32,33)20-9-7-17(8-10-20)23-14-29-26-25(30-23)21(13-28-26)24-12-22(31-34-24)19-6-4-5-18(11-19)16(3)27;1-10(8-13(18)20-15(2,3)4)11-6-5-7-12(9-11)14(16)17-19/h7-19H,1-6H3,(H,32,33)(H,34,37);4-16H,27H2,1-3H3,(H,28,29);5-7,9-10,19H,8H2,1-4H3/b;;17-14-. The maximum atomic E-state index is 12.5. The molecular weight excluding hydrogens is 1290 g/mol. The van der Waals surface area contributed by atoms with Crippen molar-refractivity contribution in [2.24, 2.45) is 10.9 Å². The van der Waals surface area contributed by atoms with Gasteiger partial charge < -0.3 is 44.7 Å². The number of alkyl carbamates (subject to hydrolysis) is 1. The minimum Gasteiger partial charge on any atom is -0.460 e. The lowest BCUT2D eigenvalue weighted by molar-refractivity contribution is -0.155. The molecule has 97 heavy (non-hydrogen) atoms. The summed E-state index contributed by atoms with van der Waals surface area (Å²) in [5, 5.41) is 22.0. The van der Waals surface area contributed by atoms with Crippen LogP contribution in [-0.2, 0) is 33.9 Å². The molecule has 0 aliphatic heterocycles. The molecule has 506 valence electrons. The van der Waals surface area contributed by atoms with Crippen LogP contribution in [-0.4, -0.2) is 101 Å². The Morgan fingerprint density at radius 1 is 0.588 bits per heavy atom. The van der Waals surface area contributed by atoms with Gasteiger partial charge >= 0.3 is 12.1 Å². The maximum Gasteiger partial charge on any atom is 0.408 e. The second kappa shape index (κ2) is 29.6. The summed E-state index contributed by atoms with van der Waals surface area (Å²) in [4.78, 5) is 49.4. The van der Waals surface area contributed by atoms with E-state index in [1.807, 2.05) is 135 Å². The summed E-state index contributed by atoms with van der Waals surface area (Å²) >= 11 is 5.77. The zero-order chi connectivity index (χ0) is 70.3. The van der Waals surface area contributed by atoms with E-state index in [1.54, 1.807) is 113 Å². The number of aromatic nitrogens is 8. The number of aromatic amines is 2. The van der Waals surface area contributed by atoms with Crippen molar-refractivity contribution < 1.29 is 50.2 Å². The molecule has 0 spiro atoms. The predicted octanol–water partition coefficient (Wildman–Crippen LogP) is 15.8. The topological polar surface area (TPSA) is 327 Å². The molecule has 6 aromatic heterocycles. The molecule has 0 aliphatic carbocycles. The Hall–Kier alpha value is -9.88. The van der Waals surface area contributed by atoms with Crippen LogP contribution >= 0.6 is 11.6 Å². The van der Waals surface area contributed by atoms with E-state index in [2.05, 4.69) is 40.7 Å². The van der Waals surface area contributed by atoms with Gasteiger partial charge in [-0.3, -0.25) is 4.79 Å². The average molecular weight is 1370 g/mol. The number of halogens is 1. The summed E-state index contributed by atoms with van der Waals surface area (Å²) in [5.41, 5.74) is 18.0. The fraction of sp³-hybridized carbons (Fsp3) is 0.292. The Labute approximate surface area is 568 Å². The van der Waals surface area contributed by atoms with Gasteiger partial charge in [-0.15, -0.1) is 0 Å². The summed E-state index contributed by atoms with van der Waals surface area (Å²) in [6, 6.07) is 39.5. The van der Waals surface area contributed by atoms with Gasteiger partial charge in [0.1, 0.15) is 33.6 Å². The highest BCUT2D eigenvalue weighted by Gasteiger charge is 2.25. The van der Waals surface area contributed by atoms with E-state index in [1.165, 1.54) is 0 Å². The van der Waals surface area contributed by atoms with Gasteiger partial charge in [0.25, 0.3) is 0 Å². The number of oxime groups is 1. The van der Waals surface area contributed by atoms with Gasteiger partial charge in [-0.05, 0) is 148 Å². The molecule has 0 saturated carbocycles. The van der Waals surface area contributed by atoms with Crippen molar-refractivity contribution in [1.82, 2.24) is 45.5 Å². The van der Waals surface area contributed by atoms with E-state index in [9.17, 15) is 26.4 Å². The van der Waals surface area contributed by atoms with Crippen molar-refractivity contribution in [2.45, 2.75) is 146 Å². The third kappa shape index (κ3) is 17.6. The van der Waals surface area contributed by atoms with Crippen molar-refractivity contribution in [3.63, 3.8) is 0 Å². The molecular formula is C72H78ClN11O11S2. The van der Waals surface area contributed by atoms with Gasteiger partial charge in [-0.25, -0.2) is 41.6 Å². The number of amides is 1. The zero-order valence-electron chi connectivity index (χ0n) is 56.0. The largest absolute Gasteiger partial charge is 0.460 e. The molecule has 22 nitrogen and oxygen atoms in total. The Kier molecular flexibility index (Phi) is 21.8. The molecule has 0 aliphatic rings. The predicted molar refractivity (Wildman–Crippen MR) is 375 cm³/mol. The molecule has 1 amide bonds. The van der Waals surface area contributed by atoms with Crippen LogP contribution in [0.15, 0.2) is 182 Å². The van der Waals surface area contributed by atoms with Gasteiger partial charge in [0.05, 0.1) is 67.7 Å². The van der Waals surface area contributed by atoms with Crippen molar-refractivity contribution in [3.8, 4) is 67.7 Å². The van der Waals surface area contributed by atoms with Crippen molar-refractivity contribution in [3.05, 3.63) is 181 Å². The maximum absolute atomic E-state index is 12.5. The first-order valence-electron chi connectivity index (χ1n) is 31.2. The molecule has 0 bridgehead atoms. The summed E-state index contributed by atoms with van der Waals surface area (Å²) in [5.74, 6) is 0.818. The Balaban J connectivity index is 0.000000181. The average Bonchev–Trinajstić information content (AvgIpc) is 1.69. The minimum absolute atomic E-state index is 0.00652. The Morgan fingerprint density at radius 2 is 1.03 bits per heavy atom. The van der Waals surface area contributed by atoms with Gasteiger partial charge in [0, 0.05) is 58.4 Å². The molecule has 6 N–H and O–H groups in total. The quantitative estimate of drug-likeness (QED) is 0.0245. The van der Waals surface area contributed by atoms with E-state index >= 15 is 0 Å². The van der Waals surface area contributed by atoms with Crippen LogP contribution in [0.1, 0.15) is 137 Å². The number of carbonyl (C=O) groups is 2. The van der Waals surface area contributed by atoms with Crippen LogP contribution in [0.3, 0.4) is 0 Å². The van der Waals surface area contributed by atoms with Crippen LogP contribution in [0, 0.1) is 0 Å². The van der Waals surface area contributed by atoms with E-state index in [0.29, 0.717) is 67.8 Å². The second-order valence-electron chi connectivity index (χ2n) is 25.8. The van der Waals surface area contributed by atoms with Crippen LogP contribution in [0.5, 0.6) is 0 Å². The second-order valence-corrected chi connectivity index (χ2v) is 31.2. The number of sulfone groups is 2. The molecule has 3 atom stereocenters. The number of rotatable bonds is 17. The van der Waals surface area contributed by atoms with Crippen LogP contribution in [0.4, 0.5) is 4.79 Å². The van der Waals surface area contributed by atoms with Crippen molar-refractivity contribution >= 4 is 70.8 Å². The molecule has 11 aromatic rings. The summed E-state index contributed by atoms with van der Waals surface area (Å²) in [7, 11) is -6.71. The molecule has 6 heterocycles. The highest BCUT2D eigenvalue weighted by Crippen LogP contribution is 2.35. The minimum atomic E-state index is -3.37. The fourth-order valence-electron chi connectivity index (χ4n) is 9.99. The lowest BCUT2D eigenvalue weighted by atomic mass is 9.96. The number of benzene rings is 5. The van der Waals surface area contributed by atoms with E-state index in [4.69, 9.17) is 51.0 Å². The first-order chi connectivity index (χ1) is 45.8. The summed E-state index contributed by atoms with van der Waals surface area (Å²) in [6.45, 7) is 23.4. The number of hydrogen-bond donors (Lipinski definition) is 5. The van der Waals surface area contributed by atoms with Crippen molar-refractivity contribution in [2.75, 3.05) is 0 Å². The number of ether oxygens (including phenoxy) is 2. The van der Waals surface area contributed by atoms with E-state index in [0.717, 1.165) is 44.5 Å². The highest BCUT2D eigenvalue weighted by atomic mass is 35.5. The van der Waals surface area contributed by atoms with Crippen molar-refractivity contribution in [1.29, 1.82) is 0 Å². The summed E-state index contributed by atoms with van der Waals surface area (Å²) in [6.07, 6.45) is 6.64.